The maximum Gasteiger partial charge on any atom is 2.00 e. The van der Waals surface area contributed by atoms with Gasteiger partial charge in [-0.1, -0.05) is 0 Å². The number of halogens is 7. The molecule has 0 spiro atoms. The number of hydrogen-bond donors (Lipinski definition) is 0. The maximum atomic E-state index is 11.6. The fraction of sp³-hybridized carbons (Fsp3) is 0.750. The van der Waals surface area contributed by atoms with Gasteiger partial charge in [-0.2, -0.15) is 30.7 Å². The first-order valence-corrected chi connectivity index (χ1v) is 2.35. The molecule has 0 aliphatic heterocycles. The van der Waals surface area contributed by atoms with Crippen molar-refractivity contribution in [2.75, 3.05) is 0 Å². The Bertz CT molecular complexity index is 194. The molecular weight excluding hydrogens is 221 g/mol. The van der Waals surface area contributed by atoms with Crippen molar-refractivity contribution in [1.29, 1.82) is 0 Å². The Balaban J connectivity index is -0.000000202. The van der Waals surface area contributed by atoms with E-state index in [1.165, 1.54) is 0 Å². The zero-order chi connectivity index (χ0) is 10.2. The molecule has 0 N–H and O–H groups in total. The summed E-state index contributed by atoms with van der Waals surface area (Å²) in [7, 11) is 0. The SMILES string of the molecule is O=CC(F)(F)C(F)(F)C(F)(F)F.[H-].[H-].[Mg+2]. The normalized spacial score (nSPS) is 13.5. The average molecular weight is 224 g/mol. The van der Waals surface area contributed by atoms with Crippen molar-refractivity contribution in [3.05, 3.63) is 0 Å². The standard InChI is InChI=1S/C4HF7O.Mg.2H/c5-2(6,1-12)3(7,8)4(9,10)11;;;/h1H;;;/q;+2;2*-1. The summed E-state index contributed by atoms with van der Waals surface area (Å²) in [5.41, 5.74) is 0. The quantitative estimate of drug-likeness (QED) is 0.397. The Morgan fingerprint density at radius 3 is 1.31 bits per heavy atom. The zero-order valence-corrected chi connectivity index (χ0v) is 7.25. The molecule has 0 aromatic heterocycles. The van der Waals surface area contributed by atoms with E-state index in [2.05, 4.69) is 0 Å². The van der Waals surface area contributed by atoms with Crippen molar-refractivity contribution in [3.8, 4) is 0 Å². The van der Waals surface area contributed by atoms with Crippen molar-refractivity contribution in [3.63, 3.8) is 0 Å². The van der Waals surface area contributed by atoms with Gasteiger partial charge in [0.25, 0.3) is 0 Å². The van der Waals surface area contributed by atoms with E-state index in [-0.39, 0.29) is 25.9 Å². The summed E-state index contributed by atoms with van der Waals surface area (Å²) in [5.74, 6) is -12.0. The zero-order valence-electron chi connectivity index (χ0n) is 7.84. The first kappa shape index (κ1) is 15.4. The largest absolute Gasteiger partial charge is 2.00 e. The Hall–Kier alpha value is -0.0538. The van der Waals surface area contributed by atoms with Gasteiger partial charge in [-0.15, -0.1) is 0 Å². The molecule has 13 heavy (non-hydrogen) atoms. The van der Waals surface area contributed by atoms with Crippen molar-refractivity contribution in [2.24, 2.45) is 0 Å². The van der Waals surface area contributed by atoms with Gasteiger partial charge in [-0.25, -0.2) is 0 Å². The van der Waals surface area contributed by atoms with E-state index in [9.17, 15) is 35.5 Å². The maximum absolute atomic E-state index is 11.6. The van der Waals surface area contributed by atoms with Crippen LogP contribution in [0.25, 0.3) is 0 Å². The first-order valence-electron chi connectivity index (χ1n) is 2.35. The Kier molecular flexibility index (Phi) is 4.73. The molecule has 0 fully saturated rings. The van der Waals surface area contributed by atoms with E-state index in [1.54, 1.807) is 0 Å². The predicted molar refractivity (Wildman–Crippen MR) is 30.0 cm³/mol. The summed E-state index contributed by atoms with van der Waals surface area (Å²) in [6.07, 6.45) is -8.17. The smallest absolute Gasteiger partial charge is 1.00 e. The van der Waals surface area contributed by atoms with Crippen LogP contribution in [0.15, 0.2) is 0 Å². The molecule has 0 atom stereocenters. The van der Waals surface area contributed by atoms with Crippen LogP contribution in [-0.2, 0) is 4.79 Å². The minimum absolute atomic E-state index is 0. The van der Waals surface area contributed by atoms with Gasteiger partial charge >= 0.3 is 41.1 Å². The monoisotopic (exact) mass is 224 g/mol. The van der Waals surface area contributed by atoms with E-state index in [4.69, 9.17) is 0 Å². The van der Waals surface area contributed by atoms with Crippen LogP contribution >= 0.6 is 0 Å². The molecule has 9 heteroatoms. The summed E-state index contributed by atoms with van der Waals surface area (Å²) >= 11 is 0. The predicted octanol–water partition coefficient (Wildman–Crippen LogP) is 1.86. The Labute approximate surface area is 86.4 Å². The molecule has 76 valence electrons. The fourth-order valence-corrected chi connectivity index (χ4v) is 0.263. The number of alkyl halides is 7. The minimum atomic E-state index is -6.43. The molecule has 0 radical (unpaired) electrons. The van der Waals surface area contributed by atoms with Crippen molar-refractivity contribution in [1.82, 2.24) is 0 Å². The molecular formula is C4H3F7MgO. The van der Waals surface area contributed by atoms with Gasteiger partial charge in [0.2, 0.25) is 0 Å². The molecule has 0 aliphatic rings. The molecule has 0 aromatic carbocycles. The van der Waals surface area contributed by atoms with Gasteiger partial charge in [0, 0.05) is 0 Å². The molecule has 1 nitrogen and oxygen atoms in total. The van der Waals surface area contributed by atoms with Crippen molar-refractivity contribution >= 4 is 29.3 Å². The minimum Gasteiger partial charge on any atom is -1.00 e. The molecule has 0 aromatic rings. The third kappa shape index (κ3) is 2.69. The Morgan fingerprint density at radius 2 is 1.23 bits per heavy atom. The molecule has 0 aliphatic carbocycles. The summed E-state index contributed by atoms with van der Waals surface area (Å²) in [6.45, 7) is 0. The number of rotatable bonds is 2. The van der Waals surface area contributed by atoms with Crippen LogP contribution in [0.1, 0.15) is 2.85 Å². The number of aldehydes is 1. The van der Waals surface area contributed by atoms with Gasteiger partial charge in [-0.05, 0) is 0 Å². The van der Waals surface area contributed by atoms with E-state index < -0.39 is 24.3 Å². The Morgan fingerprint density at radius 1 is 0.923 bits per heavy atom. The topological polar surface area (TPSA) is 17.1 Å². The van der Waals surface area contributed by atoms with E-state index in [0.29, 0.717) is 0 Å². The average Bonchev–Trinajstić information content (AvgIpc) is 1.85. The molecule has 0 amide bonds. The van der Waals surface area contributed by atoms with Gasteiger partial charge in [0.1, 0.15) is 0 Å². The van der Waals surface area contributed by atoms with Crippen LogP contribution in [0, 0.1) is 0 Å². The fourth-order valence-electron chi connectivity index (χ4n) is 0.263. The number of carbonyl (C=O) groups excluding carboxylic acids is 1. The van der Waals surface area contributed by atoms with Crippen LogP contribution in [0.2, 0.25) is 0 Å². The summed E-state index contributed by atoms with van der Waals surface area (Å²) in [4.78, 5) is 9.19. The van der Waals surface area contributed by atoms with Gasteiger partial charge in [-0.3, -0.25) is 4.79 Å². The van der Waals surface area contributed by atoms with Crippen LogP contribution in [0.5, 0.6) is 0 Å². The molecule has 0 bridgehead atoms. The van der Waals surface area contributed by atoms with Gasteiger partial charge < -0.3 is 2.85 Å². The molecule has 0 unspecified atom stereocenters. The number of hydrogen-bond acceptors (Lipinski definition) is 1. The third-order valence-electron chi connectivity index (χ3n) is 0.923. The number of carbonyl (C=O) groups is 1. The van der Waals surface area contributed by atoms with E-state index in [1.807, 2.05) is 0 Å². The second-order valence-electron chi connectivity index (χ2n) is 1.81. The first-order chi connectivity index (χ1) is 5.06. The van der Waals surface area contributed by atoms with Gasteiger partial charge in [0.15, 0.2) is 6.29 Å². The van der Waals surface area contributed by atoms with Crippen LogP contribution in [-0.4, -0.2) is 47.4 Å². The molecule has 0 saturated heterocycles. The third-order valence-corrected chi connectivity index (χ3v) is 0.923. The summed E-state index contributed by atoms with van der Waals surface area (Å²) in [5, 5.41) is 0. The molecule has 0 saturated carbocycles. The second-order valence-corrected chi connectivity index (χ2v) is 1.81. The van der Waals surface area contributed by atoms with Crippen LogP contribution in [0.3, 0.4) is 0 Å². The second kappa shape index (κ2) is 3.99. The van der Waals surface area contributed by atoms with E-state index in [0.717, 1.165) is 0 Å². The van der Waals surface area contributed by atoms with E-state index >= 15 is 0 Å². The summed E-state index contributed by atoms with van der Waals surface area (Å²) < 4.78 is 79.8. The molecule has 0 heterocycles. The van der Waals surface area contributed by atoms with Crippen molar-refractivity contribution < 1.29 is 38.4 Å². The summed E-state index contributed by atoms with van der Waals surface area (Å²) in [6, 6.07) is 0. The van der Waals surface area contributed by atoms with Crippen molar-refractivity contribution in [2.45, 2.75) is 18.0 Å². The van der Waals surface area contributed by atoms with Crippen LogP contribution < -0.4 is 0 Å². The molecule has 0 rings (SSSR count). The van der Waals surface area contributed by atoms with Gasteiger partial charge in [0.05, 0.1) is 0 Å². The van der Waals surface area contributed by atoms with Crippen LogP contribution in [0.4, 0.5) is 30.7 Å².